The Labute approximate surface area is 175 Å². The van der Waals surface area contributed by atoms with Crippen LogP contribution < -0.4 is 5.32 Å². The molecule has 6 nitrogen and oxygen atoms in total. The van der Waals surface area contributed by atoms with E-state index in [1.165, 1.54) is 4.90 Å². The Hall–Kier alpha value is -2.70. The summed E-state index contributed by atoms with van der Waals surface area (Å²) in [4.78, 5) is 39.3. The van der Waals surface area contributed by atoms with Crippen LogP contribution in [0, 0.1) is 0 Å². The number of carbonyl (C=O) groups is 3. The molecule has 3 rings (SSSR count). The van der Waals surface area contributed by atoms with Gasteiger partial charge in [0.15, 0.2) is 0 Å². The smallest absolute Gasteiger partial charge is 0.251 e. The van der Waals surface area contributed by atoms with E-state index in [0.717, 1.165) is 11.1 Å². The fourth-order valence-corrected chi connectivity index (χ4v) is 3.61. The van der Waals surface area contributed by atoms with Crippen LogP contribution in [0.2, 0.25) is 5.02 Å². The molecule has 1 atom stereocenters. The first kappa shape index (κ1) is 21.0. The molecule has 1 unspecified atom stereocenters. The van der Waals surface area contributed by atoms with Crippen molar-refractivity contribution in [2.75, 3.05) is 20.6 Å². The molecule has 7 heteroatoms. The lowest BCUT2D eigenvalue weighted by Gasteiger charge is -2.26. The van der Waals surface area contributed by atoms with Gasteiger partial charge in [-0.25, -0.2) is 0 Å². The minimum absolute atomic E-state index is 0.0564. The molecule has 2 aromatic carbocycles. The van der Waals surface area contributed by atoms with Crippen LogP contribution in [0.1, 0.15) is 40.4 Å². The first-order chi connectivity index (χ1) is 13.9. The van der Waals surface area contributed by atoms with Crippen molar-refractivity contribution in [2.24, 2.45) is 0 Å². The largest absolute Gasteiger partial charge is 0.350 e. The number of amides is 3. The molecular weight excluding hydrogens is 390 g/mol. The quantitative estimate of drug-likeness (QED) is 0.708. The predicted molar refractivity (Wildman–Crippen MR) is 111 cm³/mol. The summed E-state index contributed by atoms with van der Waals surface area (Å²) in [5.41, 5.74) is 2.28. The number of likely N-dealkylation sites (N-methyl/N-ethyl adjacent to an activating group) is 1. The molecule has 3 amide bonds. The van der Waals surface area contributed by atoms with Gasteiger partial charge < -0.3 is 10.2 Å². The Kier molecular flexibility index (Phi) is 6.67. The van der Waals surface area contributed by atoms with Gasteiger partial charge in [0.05, 0.1) is 12.6 Å². The van der Waals surface area contributed by atoms with Gasteiger partial charge in [0.2, 0.25) is 11.8 Å². The van der Waals surface area contributed by atoms with Gasteiger partial charge in [-0.3, -0.25) is 19.3 Å². The van der Waals surface area contributed by atoms with Crippen molar-refractivity contribution in [1.82, 2.24) is 15.1 Å². The molecule has 0 aliphatic carbocycles. The van der Waals surface area contributed by atoms with Crippen LogP contribution in [0.4, 0.5) is 0 Å². The molecule has 0 spiro atoms. The monoisotopic (exact) mass is 413 g/mol. The van der Waals surface area contributed by atoms with Crippen molar-refractivity contribution in [2.45, 2.75) is 25.4 Å². The number of benzene rings is 2. The van der Waals surface area contributed by atoms with Crippen molar-refractivity contribution >= 4 is 29.3 Å². The first-order valence-electron chi connectivity index (χ1n) is 9.48. The van der Waals surface area contributed by atoms with Crippen LogP contribution in [0.15, 0.2) is 48.5 Å². The molecule has 0 aromatic heterocycles. The van der Waals surface area contributed by atoms with Crippen LogP contribution >= 0.6 is 11.6 Å². The number of nitrogens with one attached hydrogen (secondary N) is 1. The van der Waals surface area contributed by atoms with Crippen molar-refractivity contribution in [3.8, 4) is 0 Å². The summed E-state index contributed by atoms with van der Waals surface area (Å²) in [6.07, 6.45) is 0.551. The highest BCUT2D eigenvalue weighted by atomic mass is 35.5. The Bertz CT molecular complexity index is 896. The lowest BCUT2D eigenvalue weighted by atomic mass is 10.1. The zero-order valence-electron chi connectivity index (χ0n) is 16.5. The van der Waals surface area contributed by atoms with E-state index in [0.29, 0.717) is 17.1 Å². The van der Waals surface area contributed by atoms with Crippen LogP contribution in [0.5, 0.6) is 0 Å². The Balaban J connectivity index is 1.62. The fourth-order valence-electron chi connectivity index (χ4n) is 3.35. The van der Waals surface area contributed by atoms with Crippen LogP contribution in [0.3, 0.4) is 0 Å². The normalized spacial score (nSPS) is 15.1. The number of halogens is 1. The lowest BCUT2D eigenvalue weighted by molar-refractivity contribution is -0.139. The molecule has 2 aromatic rings. The molecule has 1 N–H and O–H groups in total. The molecule has 1 aliphatic heterocycles. The van der Waals surface area contributed by atoms with Gasteiger partial charge in [0.25, 0.3) is 5.91 Å². The van der Waals surface area contributed by atoms with E-state index in [1.807, 2.05) is 43.3 Å². The number of likely N-dealkylation sites (tertiary alicyclic amines) is 1. The van der Waals surface area contributed by atoms with E-state index in [1.54, 1.807) is 24.3 Å². The van der Waals surface area contributed by atoms with Gasteiger partial charge >= 0.3 is 0 Å². The van der Waals surface area contributed by atoms with E-state index in [9.17, 15) is 14.4 Å². The first-order valence-corrected chi connectivity index (χ1v) is 9.86. The maximum Gasteiger partial charge on any atom is 0.251 e. The molecule has 152 valence electrons. The minimum atomic E-state index is -0.191. The third-order valence-corrected chi connectivity index (χ3v) is 5.40. The average molecular weight is 414 g/mol. The van der Waals surface area contributed by atoms with Gasteiger partial charge in [-0.05, 0) is 43.4 Å². The molecule has 1 aliphatic rings. The Morgan fingerprint density at radius 2 is 1.69 bits per heavy atom. The van der Waals surface area contributed by atoms with E-state index < -0.39 is 0 Å². The molecule has 1 saturated heterocycles. The molecule has 0 bridgehead atoms. The summed E-state index contributed by atoms with van der Waals surface area (Å²) in [6, 6.07) is 14.5. The third-order valence-electron chi connectivity index (χ3n) is 5.06. The Morgan fingerprint density at radius 3 is 2.28 bits per heavy atom. The molecule has 0 saturated carbocycles. The van der Waals surface area contributed by atoms with Crippen LogP contribution in [-0.2, 0) is 16.1 Å². The molecule has 0 radical (unpaired) electrons. The fraction of sp³-hybridized carbons (Fsp3) is 0.318. The van der Waals surface area contributed by atoms with Crippen molar-refractivity contribution in [3.63, 3.8) is 0 Å². The highest BCUT2D eigenvalue weighted by Crippen LogP contribution is 2.25. The number of nitrogens with zero attached hydrogens (tertiary/aromatic N) is 2. The third kappa shape index (κ3) is 5.02. The van der Waals surface area contributed by atoms with E-state index in [4.69, 9.17) is 11.6 Å². The van der Waals surface area contributed by atoms with Gasteiger partial charge in [-0.2, -0.15) is 0 Å². The standard InChI is InChI=1S/C22H24ClN3O3/c1-25(2)19(17-5-3-4-6-18(17)23)13-24-22(29)16-9-7-15(8-10-16)14-26-20(27)11-12-21(26)28/h3-10,19H,11-14H2,1-2H3,(H,24,29). The van der Waals surface area contributed by atoms with Gasteiger partial charge in [-0.15, -0.1) is 0 Å². The van der Waals surface area contributed by atoms with Crippen molar-refractivity contribution < 1.29 is 14.4 Å². The molecular formula is C22H24ClN3O3. The van der Waals surface area contributed by atoms with Gasteiger partial charge in [-0.1, -0.05) is 41.9 Å². The second-order valence-electron chi connectivity index (χ2n) is 7.28. The zero-order chi connectivity index (χ0) is 21.0. The van der Waals surface area contributed by atoms with Crippen LogP contribution in [0.25, 0.3) is 0 Å². The van der Waals surface area contributed by atoms with Crippen molar-refractivity contribution in [1.29, 1.82) is 0 Å². The number of rotatable bonds is 7. The summed E-state index contributed by atoms with van der Waals surface area (Å²) in [6.45, 7) is 0.656. The number of imide groups is 1. The summed E-state index contributed by atoms with van der Waals surface area (Å²) in [5, 5.41) is 3.62. The molecule has 1 fully saturated rings. The summed E-state index contributed by atoms with van der Waals surface area (Å²) < 4.78 is 0. The number of hydrogen-bond donors (Lipinski definition) is 1. The minimum Gasteiger partial charge on any atom is -0.350 e. The lowest BCUT2D eigenvalue weighted by Crippen LogP contribution is -2.34. The molecule has 1 heterocycles. The maximum atomic E-state index is 12.6. The second kappa shape index (κ2) is 9.20. The van der Waals surface area contributed by atoms with Crippen LogP contribution in [-0.4, -0.2) is 48.2 Å². The molecule has 29 heavy (non-hydrogen) atoms. The number of carbonyl (C=O) groups excluding carboxylic acids is 3. The zero-order valence-corrected chi connectivity index (χ0v) is 17.3. The van der Waals surface area contributed by atoms with E-state index in [2.05, 4.69) is 5.32 Å². The summed E-state index contributed by atoms with van der Waals surface area (Å²) in [5.74, 6) is -0.485. The highest BCUT2D eigenvalue weighted by molar-refractivity contribution is 6.31. The maximum absolute atomic E-state index is 12.6. The second-order valence-corrected chi connectivity index (χ2v) is 7.69. The Morgan fingerprint density at radius 1 is 1.07 bits per heavy atom. The SMILES string of the molecule is CN(C)C(CNC(=O)c1ccc(CN2C(=O)CCC2=O)cc1)c1ccccc1Cl. The predicted octanol–water partition coefficient (Wildman–Crippen LogP) is 3.02. The van der Waals surface area contributed by atoms with E-state index >= 15 is 0 Å². The number of hydrogen-bond acceptors (Lipinski definition) is 4. The van der Waals surface area contributed by atoms with Gasteiger partial charge in [0, 0.05) is 30.0 Å². The average Bonchev–Trinajstić information content (AvgIpc) is 3.01. The topological polar surface area (TPSA) is 69.7 Å². The summed E-state index contributed by atoms with van der Waals surface area (Å²) >= 11 is 6.31. The summed E-state index contributed by atoms with van der Waals surface area (Å²) in [7, 11) is 3.88. The van der Waals surface area contributed by atoms with E-state index in [-0.39, 0.29) is 43.1 Å². The van der Waals surface area contributed by atoms with Crippen molar-refractivity contribution in [3.05, 3.63) is 70.2 Å². The van der Waals surface area contributed by atoms with Gasteiger partial charge in [0.1, 0.15) is 0 Å². The highest BCUT2D eigenvalue weighted by Gasteiger charge is 2.28.